The average molecular weight is 424 g/mol. The van der Waals surface area contributed by atoms with Gasteiger partial charge in [0.25, 0.3) is 11.8 Å². The molecular weight excluding hydrogens is 399 g/mol. The molecule has 2 heterocycles. The Morgan fingerprint density at radius 3 is 2.62 bits per heavy atom. The molecule has 1 aromatic heterocycles. The van der Waals surface area contributed by atoms with E-state index in [4.69, 9.17) is 0 Å². The summed E-state index contributed by atoms with van der Waals surface area (Å²) in [5, 5.41) is 0. The maximum atomic E-state index is 13.6. The summed E-state index contributed by atoms with van der Waals surface area (Å²) < 4.78 is 40.5. The molecule has 4 nitrogen and oxygen atoms in total. The number of benzene rings is 1. The minimum Gasteiger partial charge on any atom is -0.350 e. The van der Waals surface area contributed by atoms with Crippen molar-refractivity contribution in [2.24, 2.45) is 5.92 Å². The van der Waals surface area contributed by atoms with Gasteiger partial charge in [-0.15, -0.1) is 11.8 Å². The van der Waals surface area contributed by atoms with Crippen LogP contribution in [0, 0.1) is 11.7 Å². The van der Waals surface area contributed by atoms with Crippen molar-refractivity contribution in [1.82, 2.24) is 4.98 Å². The SMILES string of the molecule is CSc1cc(F)ccc1N(CC(C)C)C(=O)c1ccc(N2CCC(F)(F)C2)nc1. The fourth-order valence-electron chi connectivity index (χ4n) is 3.32. The molecule has 0 spiro atoms. The van der Waals surface area contributed by atoms with Gasteiger partial charge in [-0.05, 0) is 42.5 Å². The van der Waals surface area contributed by atoms with E-state index in [9.17, 15) is 18.0 Å². The van der Waals surface area contributed by atoms with Crippen molar-refractivity contribution in [2.45, 2.75) is 31.1 Å². The Labute approximate surface area is 173 Å². The number of amides is 1. The number of hydrogen-bond acceptors (Lipinski definition) is 4. The summed E-state index contributed by atoms with van der Waals surface area (Å²) in [7, 11) is 0. The fourth-order valence-corrected chi connectivity index (χ4v) is 3.93. The van der Waals surface area contributed by atoms with E-state index >= 15 is 0 Å². The van der Waals surface area contributed by atoms with Crippen LogP contribution in [0.25, 0.3) is 0 Å². The van der Waals surface area contributed by atoms with Crippen LogP contribution in [0.15, 0.2) is 41.4 Å². The smallest absolute Gasteiger partial charge is 0.266 e. The van der Waals surface area contributed by atoms with Gasteiger partial charge >= 0.3 is 0 Å². The summed E-state index contributed by atoms with van der Waals surface area (Å²) in [6.07, 6.45) is 3.06. The number of carbonyl (C=O) groups is 1. The number of rotatable bonds is 6. The number of thioether (sulfide) groups is 1. The largest absolute Gasteiger partial charge is 0.350 e. The maximum Gasteiger partial charge on any atom is 0.266 e. The number of aromatic nitrogens is 1. The van der Waals surface area contributed by atoms with Gasteiger partial charge < -0.3 is 9.80 Å². The van der Waals surface area contributed by atoms with Crippen LogP contribution in [0.1, 0.15) is 30.6 Å². The molecule has 1 saturated heterocycles. The van der Waals surface area contributed by atoms with Crippen molar-refractivity contribution in [3.05, 3.63) is 47.9 Å². The highest BCUT2D eigenvalue weighted by Crippen LogP contribution is 2.32. The lowest BCUT2D eigenvalue weighted by Gasteiger charge is -2.27. The van der Waals surface area contributed by atoms with Gasteiger partial charge in [0.1, 0.15) is 11.6 Å². The minimum absolute atomic E-state index is 0.192. The predicted octanol–water partition coefficient (Wildman–Crippen LogP) is 5.09. The van der Waals surface area contributed by atoms with Crippen LogP contribution in [0.4, 0.5) is 24.7 Å². The normalized spacial score (nSPS) is 15.8. The third-order valence-electron chi connectivity index (χ3n) is 4.71. The van der Waals surface area contributed by atoms with E-state index in [1.807, 2.05) is 20.1 Å². The number of hydrogen-bond donors (Lipinski definition) is 0. The Bertz CT molecular complexity index is 874. The lowest BCUT2D eigenvalue weighted by molar-refractivity contribution is 0.0256. The molecule has 1 aromatic carbocycles. The lowest BCUT2D eigenvalue weighted by atomic mass is 10.1. The van der Waals surface area contributed by atoms with Gasteiger partial charge in [-0.2, -0.15) is 0 Å². The van der Waals surface area contributed by atoms with E-state index < -0.39 is 5.92 Å². The van der Waals surface area contributed by atoms with Crippen LogP contribution in [-0.2, 0) is 0 Å². The molecule has 8 heteroatoms. The van der Waals surface area contributed by atoms with Crippen molar-refractivity contribution >= 4 is 29.2 Å². The van der Waals surface area contributed by atoms with Crippen LogP contribution >= 0.6 is 11.8 Å². The quantitative estimate of drug-likeness (QED) is 0.607. The van der Waals surface area contributed by atoms with Crippen LogP contribution in [0.2, 0.25) is 0 Å². The van der Waals surface area contributed by atoms with Crippen molar-refractivity contribution in [2.75, 3.05) is 35.7 Å². The molecule has 0 unspecified atom stereocenters. The molecule has 1 fully saturated rings. The van der Waals surface area contributed by atoms with Crippen molar-refractivity contribution in [1.29, 1.82) is 0 Å². The molecule has 1 amide bonds. The first-order valence-electron chi connectivity index (χ1n) is 9.44. The van der Waals surface area contributed by atoms with Gasteiger partial charge in [0, 0.05) is 30.6 Å². The van der Waals surface area contributed by atoms with E-state index in [1.54, 1.807) is 23.1 Å². The van der Waals surface area contributed by atoms with Crippen molar-refractivity contribution in [3.8, 4) is 0 Å². The zero-order valence-corrected chi connectivity index (χ0v) is 17.5. The Balaban J connectivity index is 1.87. The molecule has 0 N–H and O–H groups in total. The van der Waals surface area contributed by atoms with Crippen molar-refractivity contribution < 1.29 is 18.0 Å². The molecule has 0 radical (unpaired) electrons. The van der Waals surface area contributed by atoms with E-state index in [1.165, 1.54) is 35.0 Å². The second kappa shape index (κ2) is 8.65. The van der Waals surface area contributed by atoms with Gasteiger partial charge in [-0.1, -0.05) is 13.8 Å². The number of nitrogens with zero attached hydrogens (tertiary/aromatic N) is 3. The molecule has 1 aliphatic rings. The highest BCUT2D eigenvalue weighted by atomic mass is 32.2. The van der Waals surface area contributed by atoms with Crippen LogP contribution in [-0.4, -0.2) is 42.7 Å². The number of anilines is 2. The number of pyridine rings is 1. The molecule has 0 bridgehead atoms. The summed E-state index contributed by atoms with van der Waals surface area (Å²) in [4.78, 5) is 21.3. The topological polar surface area (TPSA) is 36.4 Å². The molecule has 3 rings (SSSR count). The second-order valence-corrected chi connectivity index (χ2v) is 8.41. The Morgan fingerprint density at radius 1 is 1.31 bits per heavy atom. The summed E-state index contributed by atoms with van der Waals surface area (Å²) >= 11 is 1.37. The minimum atomic E-state index is -2.71. The van der Waals surface area contributed by atoms with Crippen LogP contribution in [0.3, 0.4) is 0 Å². The highest BCUT2D eigenvalue weighted by molar-refractivity contribution is 7.98. The predicted molar refractivity (Wildman–Crippen MR) is 111 cm³/mol. The maximum absolute atomic E-state index is 13.6. The van der Waals surface area contributed by atoms with Gasteiger partial charge in [0.15, 0.2) is 0 Å². The standard InChI is InChI=1S/C21H24F3N3OS/c1-14(2)12-27(17-6-5-16(22)10-18(17)29-3)20(28)15-4-7-19(25-11-15)26-9-8-21(23,24)13-26/h4-7,10-11,14H,8-9,12-13H2,1-3H3. The van der Waals surface area contributed by atoms with Gasteiger partial charge in [0.05, 0.1) is 17.8 Å². The summed E-state index contributed by atoms with van der Waals surface area (Å²) in [6, 6.07) is 7.56. The highest BCUT2D eigenvalue weighted by Gasteiger charge is 2.38. The second-order valence-electron chi connectivity index (χ2n) is 7.56. The number of halogens is 3. The number of carbonyl (C=O) groups excluding carboxylic acids is 1. The molecule has 0 saturated carbocycles. The Kier molecular flexibility index (Phi) is 6.41. The molecule has 1 aliphatic heterocycles. The lowest BCUT2D eigenvalue weighted by Crippen LogP contribution is -2.35. The molecule has 29 heavy (non-hydrogen) atoms. The summed E-state index contributed by atoms with van der Waals surface area (Å²) in [5.74, 6) is -2.70. The zero-order chi connectivity index (χ0) is 21.2. The zero-order valence-electron chi connectivity index (χ0n) is 16.7. The fraction of sp³-hybridized carbons (Fsp3) is 0.429. The van der Waals surface area contributed by atoms with E-state index in [0.29, 0.717) is 28.5 Å². The molecular formula is C21H24F3N3OS. The first-order valence-corrected chi connectivity index (χ1v) is 10.7. The van der Waals surface area contributed by atoms with Crippen molar-refractivity contribution in [3.63, 3.8) is 0 Å². The van der Waals surface area contributed by atoms with Gasteiger partial charge in [-0.25, -0.2) is 18.2 Å². The van der Waals surface area contributed by atoms with Crippen LogP contribution < -0.4 is 9.80 Å². The molecule has 156 valence electrons. The summed E-state index contributed by atoms with van der Waals surface area (Å²) in [5.41, 5.74) is 0.998. The average Bonchev–Trinajstić information content (AvgIpc) is 3.05. The molecule has 0 atom stereocenters. The Morgan fingerprint density at radius 2 is 2.07 bits per heavy atom. The van der Waals surface area contributed by atoms with E-state index in [2.05, 4.69) is 4.98 Å². The first kappa shape index (κ1) is 21.5. The van der Waals surface area contributed by atoms with E-state index in [0.717, 1.165) is 0 Å². The molecule has 0 aliphatic carbocycles. The van der Waals surface area contributed by atoms with Gasteiger partial charge in [0.2, 0.25) is 0 Å². The van der Waals surface area contributed by atoms with Gasteiger partial charge in [-0.3, -0.25) is 4.79 Å². The van der Waals surface area contributed by atoms with Crippen LogP contribution in [0.5, 0.6) is 0 Å². The summed E-state index contributed by atoms with van der Waals surface area (Å²) in [6.45, 7) is 4.33. The van der Waals surface area contributed by atoms with E-state index in [-0.39, 0.29) is 37.2 Å². The number of alkyl halides is 2. The third kappa shape index (κ3) is 5.04. The Hall–Kier alpha value is -2.22. The first-order chi connectivity index (χ1) is 13.7. The third-order valence-corrected chi connectivity index (χ3v) is 5.48. The molecule has 2 aromatic rings. The monoisotopic (exact) mass is 423 g/mol.